The summed E-state index contributed by atoms with van der Waals surface area (Å²) >= 11 is 2.88. The molecule has 1 amide bonds. The molecule has 0 aliphatic rings. The van der Waals surface area contributed by atoms with Crippen molar-refractivity contribution in [1.29, 1.82) is 0 Å². The van der Waals surface area contributed by atoms with Crippen LogP contribution >= 0.6 is 23.5 Å². The van der Waals surface area contributed by atoms with E-state index in [1.54, 1.807) is 30.8 Å². The Labute approximate surface area is 148 Å². The zero-order valence-corrected chi connectivity index (χ0v) is 15.0. The number of rotatable bonds is 7. The summed E-state index contributed by atoms with van der Waals surface area (Å²) in [5.74, 6) is 1.55. The highest BCUT2D eigenvalue weighted by Gasteiger charge is 2.16. The number of hydrogen-bond donors (Lipinski definition) is 3. The number of thioether (sulfide) groups is 2. The van der Waals surface area contributed by atoms with E-state index in [0.717, 1.165) is 5.75 Å². The van der Waals surface area contributed by atoms with Crippen LogP contribution in [0.5, 0.6) is 5.75 Å². The maximum atomic E-state index is 12.2. The Bertz CT molecular complexity index is 747. The number of amides is 1. The van der Waals surface area contributed by atoms with Gasteiger partial charge in [-0.05, 0) is 36.9 Å². The molecular weight excluding hydrogens is 346 g/mol. The van der Waals surface area contributed by atoms with Crippen molar-refractivity contribution in [3.8, 4) is 5.75 Å². The fraction of sp³-hybridized carbons (Fsp3) is 0.312. The highest BCUT2D eigenvalue weighted by atomic mass is 32.2. The van der Waals surface area contributed by atoms with Gasteiger partial charge >= 0.3 is 0 Å². The van der Waals surface area contributed by atoms with Gasteiger partial charge in [-0.2, -0.15) is 11.8 Å². The highest BCUT2D eigenvalue weighted by molar-refractivity contribution is 8.00. The normalized spacial score (nSPS) is 11.9. The lowest BCUT2D eigenvalue weighted by atomic mass is 10.3. The summed E-state index contributed by atoms with van der Waals surface area (Å²) in [5.41, 5.74) is 1.09. The van der Waals surface area contributed by atoms with E-state index in [9.17, 15) is 14.7 Å². The molecule has 0 fully saturated rings. The van der Waals surface area contributed by atoms with E-state index in [1.807, 2.05) is 6.92 Å². The Morgan fingerprint density at radius 2 is 2.08 bits per heavy atom. The molecule has 1 atom stereocenters. The minimum absolute atomic E-state index is 0.138. The number of phenolic OH excluding ortho intramolecular Hbond substituents is 1. The first-order chi connectivity index (χ1) is 11.5. The Morgan fingerprint density at radius 1 is 1.38 bits per heavy atom. The number of anilines is 1. The van der Waals surface area contributed by atoms with E-state index in [-0.39, 0.29) is 17.2 Å². The lowest BCUT2D eigenvalue weighted by Gasteiger charge is -2.12. The number of aromatic nitrogens is 2. The van der Waals surface area contributed by atoms with Gasteiger partial charge < -0.3 is 15.4 Å². The molecule has 1 unspecified atom stereocenters. The second-order valence-electron chi connectivity index (χ2n) is 4.98. The summed E-state index contributed by atoms with van der Waals surface area (Å²) in [6, 6.07) is 7.72. The zero-order valence-electron chi connectivity index (χ0n) is 13.4. The second-order valence-corrected chi connectivity index (χ2v) is 7.58. The molecule has 0 radical (unpaired) electrons. The first-order valence-electron chi connectivity index (χ1n) is 7.42. The number of H-pyrrole nitrogens is 1. The number of benzene rings is 1. The summed E-state index contributed by atoms with van der Waals surface area (Å²) in [7, 11) is 0. The summed E-state index contributed by atoms with van der Waals surface area (Å²) in [4.78, 5) is 31.0. The van der Waals surface area contributed by atoms with Crippen LogP contribution in [0.4, 0.5) is 5.69 Å². The Morgan fingerprint density at radius 3 is 2.75 bits per heavy atom. The third-order valence-electron chi connectivity index (χ3n) is 3.02. The number of nitrogens with one attached hydrogen (secondary N) is 2. The largest absolute Gasteiger partial charge is 0.508 e. The molecule has 0 aliphatic heterocycles. The second kappa shape index (κ2) is 8.79. The molecule has 1 aromatic heterocycles. The van der Waals surface area contributed by atoms with Crippen LogP contribution in [0.2, 0.25) is 0 Å². The van der Waals surface area contributed by atoms with Crippen LogP contribution in [-0.2, 0) is 10.5 Å². The molecule has 0 saturated heterocycles. The van der Waals surface area contributed by atoms with Gasteiger partial charge in [0.1, 0.15) is 5.75 Å². The van der Waals surface area contributed by atoms with Crippen LogP contribution in [0.15, 0.2) is 40.3 Å². The zero-order chi connectivity index (χ0) is 17.5. The Balaban J connectivity index is 2.01. The van der Waals surface area contributed by atoms with Crippen molar-refractivity contribution in [3.63, 3.8) is 0 Å². The summed E-state index contributed by atoms with van der Waals surface area (Å²) in [6.45, 7) is 3.79. The van der Waals surface area contributed by atoms with E-state index in [2.05, 4.69) is 15.3 Å². The molecule has 1 heterocycles. The average molecular weight is 365 g/mol. The molecule has 3 N–H and O–H groups in total. The molecule has 1 aromatic carbocycles. The maximum Gasteiger partial charge on any atom is 0.251 e. The molecule has 2 rings (SSSR count). The first kappa shape index (κ1) is 18.4. The average Bonchev–Trinajstić information content (AvgIpc) is 2.54. The molecular formula is C16H19N3O3S2. The molecule has 0 spiro atoms. The van der Waals surface area contributed by atoms with Gasteiger partial charge in [0.25, 0.3) is 5.56 Å². The van der Waals surface area contributed by atoms with Gasteiger partial charge in [0, 0.05) is 17.5 Å². The summed E-state index contributed by atoms with van der Waals surface area (Å²) < 4.78 is 0. The number of carbonyl (C=O) groups excluding carboxylic acids is 1. The monoisotopic (exact) mass is 365 g/mol. The standard InChI is InChI=1S/C16H19N3O3S2/c1-3-23-9-12-8-14(21)19-16(18-12)24-10(2)15(22)17-11-4-6-13(20)7-5-11/h4-8,10,20H,3,9H2,1-2H3,(H,17,22)(H,18,19,21). The molecule has 8 heteroatoms. The maximum absolute atomic E-state index is 12.2. The molecule has 24 heavy (non-hydrogen) atoms. The molecule has 0 saturated carbocycles. The summed E-state index contributed by atoms with van der Waals surface area (Å²) in [6.07, 6.45) is 0. The third kappa shape index (κ3) is 5.61. The van der Waals surface area contributed by atoms with Gasteiger partial charge in [-0.15, -0.1) is 0 Å². The van der Waals surface area contributed by atoms with Gasteiger partial charge in [-0.25, -0.2) is 4.98 Å². The minimum Gasteiger partial charge on any atom is -0.508 e. The van der Waals surface area contributed by atoms with Crippen LogP contribution in [0, 0.1) is 0 Å². The van der Waals surface area contributed by atoms with E-state index in [1.165, 1.54) is 30.0 Å². The van der Waals surface area contributed by atoms with Gasteiger partial charge in [-0.1, -0.05) is 18.7 Å². The lowest BCUT2D eigenvalue weighted by Crippen LogP contribution is -2.23. The van der Waals surface area contributed by atoms with Crippen molar-refractivity contribution < 1.29 is 9.90 Å². The predicted octanol–water partition coefficient (Wildman–Crippen LogP) is 2.85. The molecule has 6 nitrogen and oxygen atoms in total. The van der Waals surface area contributed by atoms with Gasteiger partial charge in [0.05, 0.1) is 10.9 Å². The molecule has 0 aliphatic carbocycles. The number of carbonyl (C=O) groups is 1. The molecule has 2 aromatic rings. The van der Waals surface area contributed by atoms with Crippen LogP contribution in [0.1, 0.15) is 19.5 Å². The Hall–Kier alpha value is -1.93. The quantitative estimate of drug-likeness (QED) is 0.397. The van der Waals surface area contributed by atoms with Gasteiger partial charge in [0.2, 0.25) is 5.91 Å². The number of phenols is 1. The van der Waals surface area contributed by atoms with Crippen molar-refractivity contribution in [1.82, 2.24) is 9.97 Å². The number of aromatic hydroxyl groups is 1. The Kier molecular flexibility index (Phi) is 6.74. The van der Waals surface area contributed by atoms with E-state index in [0.29, 0.717) is 22.3 Å². The van der Waals surface area contributed by atoms with Crippen LogP contribution < -0.4 is 10.9 Å². The molecule has 128 valence electrons. The summed E-state index contributed by atoms with van der Waals surface area (Å²) in [5, 5.41) is 12.0. The fourth-order valence-electron chi connectivity index (χ4n) is 1.83. The minimum atomic E-state index is -0.434. The van der Waals surface area contributed by atoms with Crippen molar-refractivity contribution in [2.75, 3.05) is 11.1 Å². The van der Waals surface area contributed by atoms with E-state index < -0.39 is 5.25 Å². The topological polar surface area (TPSA) is 95.1 Å². The van der Waals surface area contributed by atoms with Crippen molar-refractivity contribution in [3.05, 3.63) is 46.4 Å². The van der Waals surface area contributed by atoms with Crippen molar-refractivity contribution >= 4 is 35.1 Å². The van der Waals surface area contributed by atoms with Gasteiger partial charge in [-0.3, -0.25) is 9.59 Å². The lowest BCUT2D eigenvalue weighted by molar-refractivity contribution is -0.115. The molecule has 0 bridgehead atoms. The van der Waals surface area contributed by atoms with Crippen molar-refractivity contribution in [2.24, 2.45) is 0 Å². The van der Waals surface area contributed by atoms with Crippen molar-refractivity contribution in [2.45, 2.75) is 30.0 Å². The fourth-order valence-corrected chi connectivity index (χ4v) is 3.22. The smallest absolute Gasteiger partial charge is 0.251 e. The van der Waals surface area contributed by atoms with Crippen LogP contribution in [0.3, 0.4) is 0 Å². The van der Waals surface area contributed by atoms with E-state index in [4.69, 9.17) is 0 Å². The highest BCUT2D eigenvalue weighted by Crippen LogP contribution is 2.21. The van der Waals surface area contributed by atoms with Crippen LogP contribution in [0.25, 0.3) is 0 Å². The predicted molar refractivity (Wildman–Crippen MR) is 98.7 cm³/mol. The van der Waals surface area contributed by atoms with Gasteiger partial charge in [0.15, 0.2) is 5.16 Å². The first-order valence-corrected chi connectivity index (χ1v) is 9.46. The number of nitrogens with zero attached hydrogens (tertiary/aromatic N) is 1. The third-order valence-corrected chi connectivity index (χ3v) is 4.91. The SMILES string of the molecule is CCSCc1cc(=O)[nH]c(SC(C)C(=O)Nc2ccc(O)cc2)n1. The number of hydrogen-bond acceptors (Lipinski definition) is 6. The van der Waals surface area contributed by atoms with Crippen LogP contribution in [-0.4, -0.2) is 32.0 Å². The van der Waals surface area contributed by atoms with E-state index >= 15 is 0 Å². The number of aromatic amines is 1.